The van der Waals surface area contributed by atoms with E-state index in [1.54, 1.807) is 17.3 Å². The van der Waals surface area contributed by atoms with Crippen molar-refractivity contribution in [2.75, 3.05) is 0 Å². The summed E-state index contributed by atoms with van der Waals surface area (Å²) in [4.78, 5) is 0. The summed E-state index contributed by atoms with van der Waals surface area (Å²) in [6.45, 7) is 1.95. The van der Waals surface area contributed by atoms with Gasteiger partial charge in [0.25, 0.3) is 0 Å². The van der Waals surface area contributed by atoms with Crippen molar-refractivity contribution in [2.24, 2.45) is 5.10 Å². The van der Waals surface area contributed by atoms with Crippen LogP contribution in [0.15, 0.2) is 46.5 Å². The molecule has 0 radical (unpaired) electrons. The molecule has 0 spiro atoms. The Bertz CT molecular complexity index is 459. The second-order valence-electron chi connectivity index (χ2n) is 3.03. The Balaban J connectivity index is 2.28. The van der Waals surface area contributed by atoms with Crippen LogP contribution in [-0.2, 0) is 0 Å². The predicted octanol–water partition coefficient (Wildman–Crippen LogP) is 2.31. The minimum Gasteiger partial charge on any atom is -0.207 e. The fourth-order valence-electron chi connectivity index (χ4n) is 1.17. The number of nitrogens with zero attached hydrogens (tertiary/aromatic N) is 4. The van der Waals surface area contributed by atoms with Crippen LogP contribution in [-0.4, -0.2) is 20.6 Å². The Morgan fingerprint density at radius 1 is 1.20 bits per heavy atom. The summed E-state index contributed by atoms with van der Waals surface area (Å²) in [6.07, 6.45) is 3.12. The van der Waals surface area contributed by atoms with Crippen molar-refractivity contribution in [1.29, 1.82) is 0 Å². The second-order valence-corrected chi connectivity index (χ2v) is 3.95. The topological polar surface area (TPSA) is 43.1 Å². The van der Waals surface area contributed by atoms with Crippen molar-refractivity contribution in [3.63, 3.8) is 0 Å². The van der Waals surface area contributed by atoms with E-state index in [-0.39, 0.29) is 0 Å². The lowest BCUT2D eigenvalue weighted by Crippen LogP contribution is -1.97. The molecule has 4 nitrogen and oxygen atoms in total. The van der Waals surface area contributed by atoms with Gasteiger partial charge in [0.2, 0.25) is 0 Å². The van der Waals surface area contributed by atoms with Gasteiger partial charge in [-0.1, -0.05) is 28.1 Å². The van der Waals surface area contributed by atoms with E-state index in [4.69, 9.17) is 0 Å². The van der Waals surface area contributed by atoms with E-state index in [9.17, 15) is 0 Å². The maximum Gasteiger partial charge on any atom is 0.141 e. The highest BCUT2D eigenvalue weighted by Gasteiger charge is 1.97. The Hall–Kier alpha value is -1.49. The number of halogens is 1. The average Bonchev–Trinajstić information content (AvgIpc) is 2.71. The Morgan fingerprint density at radius 2 is 1.80 bits per heavy atom. The highest BCUT2D eigenvalue weighted by Crippen LogP contribution is 2.11. The number of benzene rings is 1. The van der Waals surface area contributed by atoms with Gasteiger partial charge in [-0.15, -0.1) is 10.2 Å². The molecule has 0 unspecified atom stereocenters. The minimum absolute atomic E-state index is 0.919. The van der Waals surface area contributed by atoms with E-state index < -0.39 is 0 Å². The largest absolute Gasteiger partial charge is 0.207 e. The Kier molecular flexibility index (Phi) is 2.91. The van der Waals surface area contributed by atoms with Crippen molar-refractivity contribution in [3.8, 4) is 0 Å². The van der Waals surface area contributed by atoms with Crippen LogP contribution < -0.4 is 0 Å². The molecule has 0 N–H and O–H groups in total. The number of hydrogen-bond donors (Lipinski definition) is 0. The zero-order valence-corrected chi connectivity index (χ0v) is 9.72. The fourth-order valence-corrected chi connectivity index (χ4v) is 1.43. The van der Waals surface area contributed by atoms with Crippen molar-refractivity contribution in [1.82, 2.24) is 14.9 Å². The molecule has 15 heavy (non-hydrogen) atoms. The van der Waals surface area contributed by atoms with E-state index in [1.165, 1.54) is 0 Å². The summed E-state index contributed by atoms with van der Waals surface area (Å²) in [5, 5.41) is 11.7. The van der Waals surface area contributed by atoms with Crippen LogP contribution in [0.3, 0.4) is 0 Å². The van der Waals surface area contributed by atoms with Crippen molar-refractivity contribution < 1.29 is 0 Å². The molecule has 0 saturated carbocycles. The van der Waals surface area contributed by atoms with Crippen molar-refractivity contribution in [2.45, 2.75) is 6.92 Å². The van der Waals surface area contributed by atoms with Gasteiger partial charge in [0.1, 0.15) is 12.7 Å². The summed E-state index contributed by atoms with van der Waals surface area (Å²) < 4.78 is 2.64. The van der Waals surface area contributed by atoms with Crippen molar-refractivity contribution >= 4 is 21.6 Å². The van der Waals surface area contributed by atoms with Gasteiger partial charge in [0.05, 0.1) is 5.71 Å². The predicted molar refractivity (Wildman–Crippen MR) is 61.8 cm³/mol. The monoisotopic (exact) mass is 264 g/mol. The Labute approximate surface area is 95.8 Å². The first-order chi connectivity index (χ1) is 7.25. The number of rotatable bonds is 2. The second kappa shape index (κ2) is 4.35. The molecule has 0 bridgehead atoms. The van der Waals surface area contributed by atoms with Crippen LogP contribution >= 0.6 is 15.9 Å². The number of hydrogen-bond acceptors (Lipinski definition) is 3. The molecule has 2 rings (SSSR count). The first-order valence-electron chi connectivity index (χ1n) is 4.42. The van der Waals surface area contributed by atoms with Gasteiger partial charge >= 0.3 is 0 Å². The molecule has 0 saturated heterocycles. The molecule has 0 aliphatic heterocycles. The van der Waals surface area contributed by atoms with Gasteiger partial charge in [-0.25, -0.2) is 4.68 Å². The maximum absolute atomic E-state index is 4.31. The summed E-state index contributed by atoms with van der Waals surface area (Å²) in [7, 11) is 0. The molecule has 0 aliphatic carbocycles. The normalized spacial score (nSPS) is 11.7. The molecule has 1 aromatic carbocycles. The molecule has 76 valence electrons. The molecule has 0 atom stereocenters. The maximum atomic E-state index is 4.31. The third kappa shape index (κ3) is 2.50. The van der Waals surface area contributed by atoms with Crippen LogP contribution in [0.1, 0.15) is 12.5 Å². The van der Waals surface area contributed by atoms with Gasteiger partial charge in [-0.2, -0.15) is 5.10 Å². The molecular formula is C10H9BrN4. The van der Waals surface area contributed by atoms with E-state index in [2.05, 4.69) is 31.2 Å². The first kappa shape index (κ1) is 10.0. The molecule has 2 aromatic rings. The van der Waals surface area contributed by atoms with E-state index in [1.807, 2.05) is 31.2 Å². The molecule has 0 fully saturated rings. The Morgan fingerprint density at radius 3 is 2.40 bits per heavy atom. The highest BCUT2D eigenvalue weighted by atomic mass is 79.9. The quantitative estimate of drug-likeness (QED) is 0.782. The van der Waals surface area contributed by atoms with Gasteiger partial charge < -0.3 is 0 Å². The van der Waals surface area contributed by atoms with Crippen LogP contribution in [0, 0.1) is 0 Å². The SMILES string of the molecule is C/C(=N/n1cnnc1)c1ccc(Br)cc1. The summed E-state index contributed by atoms with van der Waals surface area (Å²) in [6, 6.07) is 7.99. The van der Waals surface area contributed by atoms with Crippen LogP contribution in [0.25, 0.3) is 0 Å². The molecular weight excluding hydrogens is 256 g/mol. The van der Waals surface area contributed by atoms with Gasteiger partial charge in [0.15, 0.2) is 0 Å². The molecule has 1 heterocycles. The standard InChI is InChI=1S/C10H9BrN4/c1-8(14-15-6-12-13-7-15)9-2-4-10(11)5-3-9/h2-7H,1H3/b14-8-. The smallest absolute Gasteiger partial charge is 0.141 e. The summed E-state index contributed by atoms with van der Waals surface area (Å²) in [5.74, 6) is 0. The van der Waals surface area contributed by atoms with Gasteiger partial charge in [-0.05, 0) is 24.6 Å². The fraction of sp³-hybridized carbons (Fsp3) is 0.100. The summed E-state index contributed by atoms with van der Waals surface area (Å²) in [5.41, 5.74) is 1.99. The molecule has 0 aliphatic rings. The zero-order chi connectivity index (χ0) is 10.7. The minimum atomic E-state index is 0.919. The lowest BCUT2D eigenvalue weighted by atomic mass is 10.1. The molecule has 5 heteroatoms. The third-order valence-corrected chi connectivity index (χ3v) is 2.46. The van der Waals surface area contributed by atoms with Crippen LogP contribution in [0.2, 0.25) is 0 Å². The van der Waals surface area contributed by atoms with Crippen molar-refractivity contribution in [3.05, 3.63) is 47.0 Å². The van der Waals surface area contributed by atoms with E-state index in [0.717, 1.165) is 15.7 Å². The van der Waals surface area contributed by atoms with E-state index in [0.29, 0.717) is 0 Å². The van der Waals surface area contributed by atoms with Crippen LogP contribution in [0.4, 0.5) is 0 Å². The lowest BCUT2D eigenvalue weighted by Gasteiger charge is -2.00. The first-order valence-corrected chi connectivity index (χ1v) is 5.21. The van der Waals surface area contributed by atoms with Gasteiger partial charge in [0, 0.05) is 4.47 Å². The molecule has 0 amide bonds. The average molecular weight is 265 g/mol. The number of aromatic nitrogens is 3. The highest BCUT2D eigenvalue weighted by molar-refractivity contribution is 9.10. The van der Waals surface area contributed by atoms with Gasteiger partial charge in [-0.3, -0.25) is 0 Å². The van der Waals surface area contributed by atoms with E-state index >= 15 is 0 Å². The summed E-state index contributed by atoms with van der Waals surface area (Å²) >= 11 is 3.39. The molecule has 1 aromatic heterocycles. The van der Waals surface area contributed by atoms with Crippen LogP contribution in [0.5, 0.6) is 0 Å². The lowest BCUT2D eigenvalue weighted by molar-refractivity contribution is 0.871. The zero-order valence-electron chi connectivity index (χ0n) is 8.13. The third-order valence-electron chi connectivity index (χ3n) is 1.93.